The van der Waals surface area contributed by atoms with Crippen LogP contribution in [0.3, 0.4) is 0 Å². The van der Waals surface area contributed by atoms with Crippen LogP contribution in [0.25, 0.3) is 16.3 Å². The van der Waals surface area contributed by atoms with E-state index in [0.29, 0.717) is 0 Å². The van der Waals surface area contributed by atoms with Crippen LogP contribution in [0.5, 0.6) is 0 Å². The zero-order valence-electron chi connectivity index (χ0n) is 19.9. The molecule has 30 heavy (non-hydrogen) atoms. The van der Waals surface area contributed by atoms with Gasteiger partial charge in [0.25, 0.3) is 0 Å². The highest BCUT2D eigenvalue weighted by Gasteiger charge is 2.06. The third-order valence-corrected chi connectivity index (χ3v) is 6.38. The first-order chi connectivity index (χ1) is 14.9. The van der Waals surface area contributed by atoms with Gasteiger partial charge in [-0.1, -0.05) is 139 Å². The van der Waals surface area contributed by atoms with Crippen LogP contribution in [-0.4, -0.2) is 0 Å². The van der Waals surface area contributed by atoms with E-state index in [2.05, 4.69) is 62.4 Å². The molecule has 2 rings (SSSR count). The Bertz CT molecular complexity index is 704. The highest BCUT2D eigenvalue weighted by molar-refractivity contribution is 5.93. The van der Waals surface area contributed by atoms with Gasteiger partial charge >= 0.3 is 0 Å². The maximum atomic E-state index is 2.55. The van der Waals surface area contributed by atoms with Gasteiger partial charge in [-0.2, -0.15) is 0 Å². The number of rotatable bonds is 17. The first-order valence-electron chi connectivity index (χ1n) is 13.0. The van der Waals surface area contributed by atoms with Crippen LogP contribution in [0.4, 0.5) is 0 Å². The van der Waals surface area contributed by atoms with Crippen molar-refractivity contribution in [3.8, 4) is 0 Å². The van der Waals surface area contributed by atoms with Gasteiger partial charge in [0.15, 0.2) is 0 Å². The third kappa shape index (κ3) is 9.50. The lowest BCUT2D eigenvalue weighted by Crippen LogP contribution is -1.89. The van der Waals surface area contributed by atoms with E-state index < -0.39 is 0 Å². The smallest absolute Gasteiger partial charge is 0.0109 e. The molecule has 0 aliphatic heterocycles. The molecule has 0 saturated heterocycles. The average molecular weight is 407 g/mol. The molecule has 0 nitrogen and oxygen atoms in total. The van der Waals surface area contributed by atoms with Gasteiger partial charge in [-0.15, -0.1) is 0 Å². The van der Waals surface area contributed by atoms with E-state index in [9.17, 15) is 0 Å². The van der Waals surface area contributed by atoms with Crippen molar-refractivity contribution < 1.29 is 0 Å². The predicted octanol–water partition coefficient (Wildman–Crippen LogP) is 10.5. The van der Waals surface area contributed by atoms with Crippen molar-refractivity contribution in [2.45, 2.75) is 117 Å². The molecule has 2 aromatic rings. The largest absolute Gasteiger partial charge is 0.0807 e. The topological polar surface area (TPSA) is 0 Å². The molecule has 0 amide bonds. The summed E-state index contributed by atoms with van der Waals surface area (Å²) in [5.41, 5.74) is 3.03. The number of benzene rings is 2. The summed E-state index contributed by atoms with van der Waals surface area (Å²) in [4.78, 5) is 0. The summed E-state index contributed by atoms with van der Waals surface area (Å²) in [7, 11) is 0. The normalized spacial score (nSPS) is 12.0. The van der Waals surface area contributed by atoms with Crippen LogP contribution in [0.15, 0.2) is 48.5 Å². The molecular weight excluding hydrogens is 360 g/mol. The second-order valence-corrected chi connectivity index (χ2v) is 9.04. The van der Waals surface area contributed by atoms with E-state index in [0.717, 1.165) is 0 Å². The molecule has 0 saturated carbocycles. The molecule has 0 heteroatoms. The lowest BCUT2D eigenvalue weighted by molar-refractivity contribution is 0.545. The molecule has 0 radical (unpaired) electrons. The van der Waals surface area contributed by atoms with Crippen LogP contribution in [0.2, 0.25) is 0 Å². The first-order valence-corrected chi connectivity index (χ1v) is 13.0. The number of allylic oxidation sites excluding steroid dienone is 2. The highest BCUT2D eigenvalue weighted by atomic mass is 14.1. The molecule has 0 aromatic heterocycles. The van der Waals surface area contributed by atoms with Gasteiger partial charge in [0.1, 0.15) is 0 Å². The molecule has 2 aromatic carbocycles. The maximum Gasteiger partial charge on any atom is -0.0109 e. The van der Waals surface area contributed by atoms with E-state index in [1.807, 2.05) is 0 Å². The Kier molecular flexibility index (Phi) is 13.3. The fourth-order valence-corrected chi connectivity index (χ4v) is 4.48. The summed E-state index contributed by atoms with van der Waals surface area (Å²) in [6.45, 7) is 4.59. The summed E-state index contributed by atoms with van der Waals surface area (Å²) in [6, 6.07) is 15.6. The van der Waals surface area contributed by atoms with E-state index in [-0.39, 0.29) is 0 Å². The maximum absolute atomic E-state index is 2.55. The molecule has 0 atom stereocenters. The predicted molar refractivity (Wildman–Crippen MR) is 137 cm³/mol. The fraction of sp³-hybridized carbons (Fsp3) is 0.600. The van der Waals surface area contributed by atoms with Crippen LogP contribution in [0, 0.1) is 0 Å². The number of unbranched alkanes of at least 4 members (excludes halogenated alkanes) is 13. The van der Waals surface area contributed by atoms with E-state index in [4.69, 9.17) is 0 Å². The molecule has 0 N–H and O–H groups in total. The van der Waals surface area contributed by atoms with Crippen molar-refractivity contribution in [1.82, 2.24) is 0 Å². The van der Waals surface area contributed by atoms with Crippen molar-refractivity contribution in [1.29, 1.82) is 0 Å². The Hall–Kier alpha value is -1.56. The molecule has 0 unspecified atom stereocenters. The van der Waals surface area contributed by atoms with Gasteiger partial charge in [-0.25, -0.2) is 0 Å². The Morgan fingerprint density at radius 1 is 0.600 bits per heavy atom. The third-order valence-electron chi connectivity index (χ3n) is 6.38. The van der Waals surface area contributed by atoms with Gasteiger partial charge in [0, 0.05) is 0 Å². The molecule has 0 aliphatic rings. The molecule has 0 heterocycles. The SMILES string of the molecule is CCCCCCCCCCCCCCC=C(CCCC)c1cccc2ccccc12. The monoisotopic (exact) mass is 406 g/mol. The molecule has 0 bridgehead atoms. The minimum atomic E-state index is 1.21. The Labute approximate surface area is 187 Å². The zero-order valence-corrected chi connectivity index (χ0v) is 19.9. The Morgan fingerprint density at radius 2 is 1.17 bits per heavy atom. The molecule has 0 spiro atoms. The fourth-order valence-electron chi connectivity index (χ4n) is 4.48. The number of hydrogen-bond acceptors (Lipinski definition) is 0. The molecule has 0 aliphatic carbocycles. The van der Waals surface area contributed by atoms with Crippen LogP contribution < -0.4 is 0 Å². The average Bonchev–Trinajstić information content (AvgIpc) is 2.78. The molecular formula is C30H46. The quantitative estimate of drug-likeness (QED) is 0.229. The number of fused-ring (bicyclic) bond motifs is 1. The highest BCUT2D eigenvalue weighted by Crippen LogP contribution is 2.29. The van der Waals surface area contributed by atoms with Gasteiger partial charge < -0.3 is 0 Å². The standard InChI is InChI=1S/C30H46/c1-3-5-7-8-9-10-11-12-13-14-15-16-17-22-27(21-6-4-2)30-26-20-24-28-23-18-19-25-29(28)30/h18-20,22-26H,3-17,21H2,1-2H3. The van der Waals surface area contributed by atoms with Crippen molar-refractivity contribution in [3.63, 3.8) is 0 Å². The summed E-state index contributed by atoms with van der Waals surface area (Å²) in [5.74, 6) is 0. The van der Waals surface area contributed by atoms with E-state index in [1.54, 1.807) is 5.57 Å². The van der Waals surface area contributed by atoms with Gasteiger partial charge in [-0.05, 0) is 47.6 Å². The Morgan fingerprint density at radius 3 is 1.83 bits per heavy atom. The summed E-state index contributed by atoms with van der Waals surface area (Å²) in [5, 5.41) is 2.78. The van der Waals surface area contributed by atoms with Gasteiger partial charge in [-0.3, -0.25) is 0 Å². The van der Waals surface area contributed by atoms with Crippen molar-refractivity contribution in [3.05, 3.63) is 54.1 Å². The minimum absolute atomic E-state index is 1.21. The van der Waals surface area contributed by atoms with Crippen LogP contribution >= 0.6 is 0 Å². The van der Waals surface area contributed by atoms with E-state index >= 15 is 0 Å². The second kappa shape index (κ2) is 16.2. The van der Waals surface area contributed by atoms with Crippen molar-refractivity contribution in [2.75, 3.05) is 0 Å². The van der Waals surface area contributed by atoms with Crippen molar-refractivity contribution in [2.24, 2.45) is 0 Å². The number of hydrogen-bond donors (Lipinski definition) is 0. The molecule has 0 fully saturated rings. The van der Waals surface area contributed by atoms with Gasteiger partial charge in [0.2, 0.25) is 0 Å². The lowest BCUT2D eigenvalue weighted by Gasteiger charge is -2.11. The minimum Gasteiger partial charge on any atom is -0.0807 e. The Balaban J connectivity index is 1.69. The van der Waals surface area contributed by atoms with Crippen molar-refractivity contribution >= 4 is 16.3 Å². The van der Waals surface area contributed by atoms with Crippen LogP contribution in [0.1, 0.15) is 122 Å². The van der Waals surface area contributed by atoms with E-state index in [1.165, 1.54) is 119 Å². The first kappa shape index (κ1) is 24.7. The summed E-state index contributed by atoms with van der Waals surface area (Å²) in [6.07, 6.45) is 24.6. The van der Waals surface area contributed by atoms with Gasteiger partial charge in [0.05, 0.1) is 0 Å². The molecule has 166 valence electrons. The van der Waals surface area contributed by atoms with Crippen LogP contribution in [-0.2, 0) is 0 Å². The second-order valence-electron chi connectivity index (χ2n) is 9.04. The zero-order chi connectivity index (χ0) is 21.3. The summed E-state index contributed by atoms with van der Waals surface area (Å²) >= 11 is 0. The summed E-state index contributed by atoms with van der Waals surface area (Å²) < 4.78 is 0. The lowest BCUT2D eigenvalue weighted by atomic mass is 9.93.